The molecule has 2 heterocycles. The van der Waals surface area contributed by atoms with Gasteiger partial charge >= 0.3 is 0 Å². The van der Waals surface area contributed by atoms with Crippen LogP contribution in [0.25, 0.3) is 16.2 Å². The summed E-state index contributed by atoms with van der Waals surface area (Å²) >= 11 is 6.75. The number of hydrogen-bond donors (Lipinski definition) is 0. The molecule has 27 heavy (non-hydrogen) atoms. The summed E-state index contributed by atoms with van der Waals surface area (Å²) in [6.45, 7) is 0. The average molecular weight is 452 g/mol. The number of halogens is 1. The second-order valence-corrected chi connectivity index (χ2v) is 9.44. The molecule has 5 heteroatoms. The highest BCUT2D eigenvalue weighted by molar-refractivity contribution is 9.11. The lowest BCUT2D eigenvalue weighted by Gasteiger charge is -1.97. The molecular weight excluding hydrogens is 438 g/mol. The zero-order valence-electron chi connectivity index (χ0n) is 14.1. The molecule has 132 valence electrons. The Labute approximate surface area is 173 Å². The molecule has 2 nitrogen and oxygen atoms in total. The van der Waals surface area contributed by atoms with Gasteiger partial charge in [-0.3, -0.25) is 9.79 Å². The van der Waals surface area contributed by atoms with Crippen LogP contribution < -0.4 is 0 Å². The van der Waals surface area contributed by atoms with Crippen molar-refractivity contribution in [2.45, 2.75) is 0 Å². The molecule has 0 atom stereocenters. The van der Waals surface area contributed by atoms with E-state index in [0.717, 1.165) is 19.2 Å². The third-order valence-electron chi connectivity index (χ3n) is 3.93. The minimum atomic E-state index is -0.00910. The molecule has 4 rings (SSSR count). The fourth-order valence-corrected chi connectivity index (χ4v) is 4.85. The van der Waals surface area contributed by atoms with Gasteiger partial charge in [0.15, 0.2) is 5.78 Å². The Morgan fingerprint density at radius 3 is 2.48 bits per heavy atom. The molecule has 0 aliphatic heterocycles. The lowest BCUT2D eigenvalue weighted by Crippen LogP contribution is -1.92. The van der Waals surface area contributed by atoms with Crippen molar-refractivity contribution in [3.63, 3.8) is 0 Å². The van der Waals surface area contributed by atoms with Crippen LogP contribution in [0, 0.1) is 0 Å². The minimum Gasteiger partial charge on any atom is -0.289 e. The number of ketones is 1. The quantitative estimate of drug-likeness (QED) is 0.177. The van der Waals surface area contributed by atoms with Crippen molar-refractivity contribution in [3.05, 3.63) is 91.9 Å². The SMILES string of the molecule is O=C(C=Cc1cc2ccccc2s1)c1ccc(N=Cc2ccc(Br)s2)cc1. The van der Waals surface area contributed by atoms with E-state index in [1.807, 2.05) is 60.8 Å². The van der Waals surface area contributed by atoms with E-state index < -0.39 is 0 Å². The van der Waals surface area contributed by atoms with Gasteiger partial charge in [0.05, 0.1) is 9.47 Å². The first kappa shape index (κ1) is 18.0. The van der Waals surface area contributed by atoms with Gasteiger partial charge in [-0.05, 0) is 82.0 Å². The van der Waals surface area contributed by atoms with E-state index >= 15 is 0 Å². The van der Waals surface area contributed by atoms with E-state index in [2.05, 4.69) is 39.1 Å². The van der Waals surface area contributed by atoms with Crippen molar-refractivity contribution in [2.24, 2.45) is 4.99 Å². The topological polar surface area (TPSA) is 29.4 Å². The number of benzene rings is 2. The second-order valence-electron chi connectivity index (χ2n) is 5.83. The maximum Gasteiger partial charge on any atom is 0.185 e. The summed E-state index contributed by atoms with van der Waals surface area (Å²) in [5, 5.41) is 1.20. The highest BCUT2D eigenvalue weighted by atomic mass is 79.9. The zero-order valence-corrected chi connectivity index (χ0v) is 17.4. The molecule has 0 aliphatic rings. The average Bonchev–Trinajstić information content (AvgIpc) is 3.30. The summed E-state index contributed by atoms with van der Waals surface area (Å²) in [5.41, 5.74) is 1.48. The Kier molecular flexibility index (Phi) is 5.43. The number of carbonyl (C=O) groups is 1. The Bertz CT molecular complexity index is 1120. The van der Waals surface area contributed by atoms with Gasteiger partial charge in [0.1, 0.15) is 0 Å². The van der Waals surface area contributed by atoms with Crippen LogP contribution in [-0.2, 0) is 0 Å². The maximum atomic E-state index is 12.4. The van der Waals surface area contributed by atoms with Crippen LogP contribution in [0.3, 0.4) is 0 Å². The third kappa shape index (κ3) is 4.50. The minimum absolute atomic E-state index is 0.00910. The summed E-state index contributed by atoms with van der Waals surface area (Å²) in [4.78, 5) is 19.0. The lowest BCUT2D eigenvalue weighted by molar-refractivity contribution is 0.104. The predicted octanol–water partition coefficient (Wildman–Crippen LogP) is 7.37. The van der Waals surface area contributed by atoms with Crippen molar-refractivity contribution in [1.82, 2.24) is 0 Å². The number of nitrogens with zero attached hydrogens (tertiary/aromatic N) is 1. The van der Waals surface area contributed by atoms with Crippen LogP contribution in [0.15, 0.2) is 81.6 Å². The fourth-order valence-electron chi connectivity index (χ4n) is 2.59. The van der Waals surface area contributed by atoms with E-state index in [0.29, 0.717) is 5.56 Å². The van der Waals surface area contributed by atoms with Gasteiger partial charge < -0.3 is 0 Å². The number of allylic oxidation sites excluding steroid dienone is 1. The number of aliphatic imine (C=N–C) groups is 1. The summed E-state index contributed by atoms with van der Waals surface area (Å²) in [7, 11) is 0. The van der Waals surface area contributed by atoms with Gasteiger partial charge in [-0.1, -0.05) is 18.2 Å². The van der Waals surface area contributed by atoms with E-state index in [1.54, 1.807) is 28.7 Å². The molecule has 0 aliphatic carbocycles. The predicted molar refractivity (Wildman–Crippen MR) is 121 cm³/mol. The van der Waals surface area contributed by atoms with Crippen molar-refractivity contribution < 1.29 is 4.79 Å². The Hall–Kier alpha value is -2.34. The first-order valence-corrected chi connectivity index (χ1v) is 10.7. The van der Waals surface area contributed by atoms with Gasteiger partial charge in [-0.15, -0.1) is 22.7 Å². The van der Waals surface area contributed by atoms with Crippen LogP contribution >= 0.6 is 38.6 Å². The second kappa shape index (κ2) is 8.13. The van der Waals surface area contributed by atoms with Crippen LogP contribution in [-0.4, -0.2) is 12.0 Å². The Balaban J connectivity index is 1.44. The lowest BCUT2D eigenvalue weighted by atomic mass is 10.1. The maximum absolute atomic E-state index is 12.4. The van der Waals surface area contributed by atoms with Crippen molar-refractivity contribution in [1.29, 1.82) is 0 Å². The molecule has 2 aromatic carbocycles. The van der Waals surface area contributed by atoms with Gasteiger partial charge in [0.25, 0.3) is 0 Å². The van der Waals surface area contributed by atoms with Gasteiger partial charge in [-0.25, -0.2) is 0 Å². The molecule has 0 fully saturated rings. The smallest absolute Gasteiger partial charge is 0.185 e. The summed E-state index contributed by atoms with van der Waals surface area (Å²) in [5.74, 6) is -0.00910. The number of thiophene rings is 2. The number of fused-ring (bicyclic) bond motifs is 1. The normalized spacial score (nSPS) is 11.7. The Morgan fingerprint density at radius 2 is 1.74 bits per heavy atom. The summed E-state index contributed by atoms with van der Waals surface area (Å²) in [6.07, 6.45) is 5.34. The molecule has 4 aromatic rings. The molecule has 0 N–H and O–H groups in total. The molecule has 0 saturated heterocycles. The van der Waals surface area contributed by atoms with Crippen LogP contribution in [0.5, 0.6) is 0 Å². The first-order chi connectivity index (χ1) is 13.2. The Morgan fingerprint density at radius 1 is 0.926 bits per heavy atom. The van der Waals surface area contributed by atoms with Gasteiger partial charge in [0, 0.05) is 26.2 Å². The van der Waals surface area contributed by atoms with Crippen LogP contribution in [0.4, 0.5) is 5.69 Å². The highest BCUT2D eigenvalue weighted by Gasteiger charge is 2.03. The van der Waals surface area contributed by atoms with Crippen LogP contribution in [0.2, 0.25) is 0 Å². The molecule has 0 bridgehead atoms. The molecule has 0 spiro atoms. The molecule has 2 aromatic heterocycles. The van der Waals surface area contributed by atoms with Crippen molar-refractivity contribution >= 4 is 72.5 Å². The largest absolute Gasteiger partial charge is 0.289 e. The third-order valence-corrected chi connectivity index (χ3v) is 6.57. The van der Waals surface area contributed by atoms with E-state index in [-0.39, 0.29) is 5.78 Å². The van der Waals surface area contributed by atoms with Crippen molar-refractivity contribution in [2.75, 3.05) is 0 Å². The van der Waals surface area contributed by atoms with E-state index in [1.165, 1.54) is 10.1 Å². The monoisotopic (exact) mass is 451 g/mol. The highest BCUT2D eigenvalue weighted by Crippen LogP contribution is 2.26. The first-order valence-electron chi connectivity index (χ1n) is 8.28. The molecule has 0 amide bonds. The zero-order chi connectivity index (χ0) is 18.6. The molecular formula is C22H14BrNOS2. The van der Waals surface area contributed by atoms with Gasteiger partial charge in [0.2, 0.25) is 0 Å². The summed E-state index contributed by atoms with van der Waals surface area (Å²) in [6, 6.07) is 21.7. The summed E-state index contributed by atoms with van der Waals surface area (Å²) < 4.78 is 2.31. The molecule has 0 radical (unpaired) electrons. The number of rotatable bonds is 5. The van der Waals surface area contributed by atoms with Crippen molar-refractivity contribution in [3.8, 4) is 0 Å². The van der Waals surface area contributed by atoms with Crippen LogP contribution in [0.1, 0.15) is 20.1 Å². The molecule has 0 unspecified atom stereocenters. The fraction of sp³-hybridized carbons (Fsp3) is 0. The number of carbonyl (C=O) groups excluding carboxylic acids is 1. The number of hydrogen-bond acceptors (Lipinski definition) is 4. The van der Waals surface area contributed by atoms with Gasteiger partial charge in [-0.2, -0.15) is 0 Å². The van der Waals surface area contributed by atoms with E-state index in [4.69, 9.17) is 0 Å². The molecule has 0 saturated carbocycles. The van der Waals surface area contributed by atoms with E-state index in [9.17, 15) is 4.79 Å². The standard InChI is InChI=1S/C22H14BrNOS2/c23-22-12-10-19(27-22)14-24-17-7-5-15(6-8-17)20(25)11-9-18-13-16-3-1-2-4-21(16)26-18/h1-14H.